The summed E-state index contributed by atoms with van der Waals surface area (Å²) in [6.07, 6.45) is 11.7. The van der Waals surface area contributed by atoms with E-state index in [0.717, 1.165) is 30.8 Å². The van der Waals surface area contributed by atoms with Crippen LogP contribution in [0.3, 0.4) is 0 Å². The first-order chi connectivity index (χ1) is 12.3. The third-order valence-corrected chi connectivity index (χ3v) is 9.74. The zero-order chi connectivity index (χ0) is 18.3. The highest BCUT2D eigenvalue weighted by Gasteiger charge is 2.62. The van der Waals surface area contributed by atoms with Crippen LogP contribution in [0.2, 0.25) is 0 Å². The van der Waals surface area contributed by atoms with Crippen LogP contribution in [-0.4, -0.2) is 18.5 Å². The summed E-state index contributed by atoms with van der Waals surface area (Å²) in [6, 6.07) is 0. The maximum Gasteiger partial charge on any atom is 0.137 e. The second-order valence-corrected chi connectivity index (χ2v) is 11.0. The van der Waals surface area contributed by atoms with Crippen molar-refractivity contribution in [2.24, 2.45) is 46.3 Å². The van der Waals surface area contributed by atoms with Gasteiger partial charge >= 0.3 is 0 Å². The Bertz CT molecular complexity index is 647. The number of carbonyl (C=O) groups is 1. The SMILES string of the molecule is C[C@H]1CC[C@@]2(C)C(=CC[C@@H]3[C@@H]2CC[C@]2(C)C([C@H](C)C4CO4)C(=O)C[C@@H]32)C1. The number of fused-ring (bicyclic) bond motifs is 5. The Balaban J connectivity index is 1.47. The molecule has 1 heterocycles. The Morgan fingerprint density at radius 1 is 1.15 bits per heavy atom. The summed E-state index contributed by atoms with van der Waals surface area (Å²) in [5.41, 5.74) is 2.40. The summed E-state index contributed by atoms with van der Waals surface area (Å²) in [5.74, 6) is 4.22. The van der Waals surface area contributed by atoms with Crippen LogP contribution in [0.15, 0.2) is 11.6 Å². The van der Waals surface area contributed by atoms with Crippen LogP contribution in [-0.2, 0) is 9.53 Å². The number of Topliss-reactive ketones (excluding diaryl/α,β-unsaturated/α-hetero) is 1. The first-order valence-corrected chi connectivity index (χ1v) is 11.2. The van der Waals surface area contributed by atoms with Crippen molar-refractivity contribution in [3.05, 3.63) is 11.6 Å². The first-order valence-electron chi connectivity index (χ1n) is 11.2. The molecule has 144 valence electrons. The van der Waals surface area contributed by atoms with Crippen LogP contribution >= 0.6 is 0 Å². The van der Waals surface area contributed by atoms with Gasteiger partial charge in [-0.3, -0.25) is 4.79 Å². The molecule has 5 aliphatic rings. The quantitative estimate of drug-likeness (QED) is 0.489. The van der Waals surface area contributed by atoms with Gasteiger partial charge in [0.25, 0.3) is 0 Å². The molecule has 9 atom stereocenters. The number of epoxide rings is 1. The highest BCUT2D eigenvalue weighted by molar-refractivity contribution is 5.85. The van der Waals surface area contributed by atoms with Crippen LogP contribution in [0.5, 0.6) is 0 Å². The topological polar surface area (TPSA) is 29.6 Å². The van der Waals surface area contributed by atoms with Gasteiger partial charge < -0.3 is 4.74 Å². The van der Waals surface area contributed by atoms with Gasteiger partial charge in [-0.15, -0.1) is 0 Å². The van der Waals surface area contributed by atoms with Gasteiger partial charge in [-0.25, -0.2) is 0 Å². The smallest absolute Gasteiger partial charge is 0.137 e. The van der Waals surface area contributed by atoms with Crippen molar-refractivity contribution in [3.8, 4) is 0 Å². The Kier molecular flexibility index (Phi) is 3.82. The molecule has 0 aromatic rings. The van der Waals surface area contributed by atoms with E-state index in [1.165, 1.54) is 38.5 Å². The molecule has 26 heavy (non-hydrogen) atoms. The number of ether oxygens (including phenoxy) is 1. The van der Waals surface area contributed by atoms with Crippen LogP contribution in [0.25, 0.3) is 0 Å². The summed E-state index contributed by atoms with van der Waals surface area (Å²) >= 11 is 0. The van der Waals surface area contributed by atoms with Crippen LogP contribution in [0.4, 0.5) is 0 Å². The molecule has 2 heteroatoms. The number of allylic oxidation sites excluding steroid dienone is 2. The van der Waals surface area contributed by atoms with Crippen molar-refractivity contribution < 1.29 is 9.53 Å². The zero-order valence-electron chi connectivity index (χ0n) is 17.1. The average Bonchev–Trinajstić information content (AvgIpc) is 3.39. The first kappa shape index (κ1) is 17.5. The molecule has 0 N–H and O–H groups in total. The Hall–Kier alpha value is -0.630. The van der Waals surface area contributed by atoms with Gasteiger partial charge in [0.15, 0.2) is 0 Å². The number of ketones is 1. The Labute approximate surface area is 159 Å². The molecule has 0 aromatic carbocycles. The predicted octanol–water partition coefficient (Wildman–Crippen LogP) is 5.42. The molecule has 1 saturated heterocycles. The molecular formula is C24H36O2. The van der Waals surface area contributed by atoms with Crippen LogP contribution in [0, 0.1) is 46.3 Å². The molecule has 4 fully saturated rings. The summed E-state index contributed by atoms with van der Waals surface area (Å²) in [4.78, 5) is 13.1. The van der Waals surface area contributed by atoms with Crippen LogP contribution < -0.4 is 0 Å². The minimum absolute atomic E-state index is 0.216. The maximum atomic E-state index is 13.1. The standard InChI is InChI=1S/C24H36O2/c1-14-7-9-23(3)16(11-14)5-6-17-18(23)8-10-24(4)19(17)12-20(25)22(24)15(2)21-13-26-21/h5,14-15,17-19,21-22H,6-13H2,1-4H3/t14-,15+,17+,18-,19-,21?,22?,23-,24-/m0/s1. The molecule has 0 spiro atoms. The number of hydrogen-bond donors (Lipinski definition) is 0. The molecule has 0 aromatic heterocycles. The third-order valence-electron chi connectivity index (χ3n) is 9.74. The van der Waals surface area contributed by atoms with Gasteiger partial charge in [0, 0.05) is 12.3 Å². The van der Waals surface area contributed by atoms with Crippen molar-refractivity contribution in [2.75, 3.05) is 6.61 Å². The molecule has 2 nitrogen and oxygen atoms in total. The number of hydrogen-bond acceptors (Lipinski definition) is 2. The van der Waals surface area contributed by atoms with E-state index in [1.807, 2.05) is 0 Å². The van der Waals surface area contributed by atoms with E-state index in [4.69, 9.17) is 4.74 Å². The monoisotopic (exact) mass is 356 g/mol. The molecule has 3 saturated carbocycles. The van der Waals surface area contributed by atoms with Gasteiger partial charge in [0.2, 0.25) is 0 Å². The van der Waals surface area contributed by atoms with Gasteiger partial charge in [-0.2, -0.15) is 0 Å². The van der Waals surface area contributed by atoms with E-state index < -0.39 is 0 Å². The lowest BCUT2D eigenvalue weighted by Gasteiger charge is -2.58. The third kappa shape index (κ3) is 2.30. The Morgan fingerprint density at radius 3 is 2.65 bits per heavy atom. The average molecular weight is 357 g/mol. The normalized spacial score (nSPS) is 54.0. The summed E-state index contributed by atoms with van der Waals surface area (Å²) in [5, 5.41) is 0. The number of carbonyl (C=O) groups excluding carboxylic acids is 1. The van der Waals surface area contributed by atoms with Crippen molar-refractivity contribution >= 4 is 5.78 Å². The van der Waals surface area contributed by atoms with Gasteiger partial charge in [0.1, 0.15) is 5.78 Å². The summed E-state index contributed by atoms with van der Waals surface area (Å²) < 4.78 is 5.60. The second kappa shape index (κ2) is 5.69. The fraction of sp³-hybridized carbons (Fsp3) is 0.875. The van der Waals surface area contributed by atoms with Crippen molar-refractivity contribution in [3.63, 3.8) is 0 Å². The molecular weight excluding hydrogens is 320 g/mol. The highest BCUT2D eigenvalue weighted by Crippen LogP contribution is 2.67. The second-order valence-electron chi connectivity index (χ2n) is 11.0. The lowest BCUT2D eigenvalue weighted by atomic mass is 9.46. The van der Waals surface area contributed by atoms with Crippen LogP contribution in [0.1, 0.15) is 72.6 Å². The molecule has 0 amide bonds. The van der Waals surface area contributed by atoms with Crippen molar-refractivity contribution in [1.82, 2.24) is 0 Å². The number of rotatable bonds is 2. The van der Waals surface area contributed by atoms with E-state index >= 15 is 0 Å². The minimum atomic E-state index is 0.216. The van der Waals surface area contributed by atoms with Gasteiger partial charge in [-0.1, -0.05) is 39.3 Å². The largest absolute Gasteiger partial charge is 0.373 e. The summed E-state index contributed by atoms with van der Waals surface area (Å²) in [6.45, 7) is 10.6. The van der Waals surface area contributed by atoms with E-state index in [9.17, 15) is 4.79 Å². The minimum Gasteiger partial charge on any atom is -0.373 e. The van der Waals surface area contributed by atoms with E-state index in [2.05, 4.69) is 33.8 Å². The fourth-order valence-electron chi connectivity index (χ4n) is 8.14. The van der Waals surface area contributed by atoms with Gasteiger partial charge in [-0.05, 0) is 78.9 Å². The molecule has 0 bridgehead atoms. The predicted molar refractivity (Wildman–Crippen MR) is 104 cm³/mol. The highest BCUT2D eigenvalue weighted by atomic mass is 16.6. The molecule has 2 unspecified atom stereocenters. The van der Waals surface area contributed by atoms with Crippen molar-refractivity contribution in [1.29, 1.82) is 0 Å². The molecule has 0 radical (unpaired) electrons. The van der Waals surface area contributed by atoms with Gasteiger partial charge in [0.05, 0.1) is 12.7 Å². The lowest BCUT2D eigenvalue weighted by Crippen LogP contribution is -2.50. The van der Waals surface area contributed by atoms with E-state index in [1.54, 1.807) is 5.57 Å². The molecule has 5 rings (SSSR count). The van der Waals surface area contributed by atoms with E-state index in [-0.39, 0.29) is 11.3 Å². The summed E-state index contributed by atoms with van der Waals surface area (Å²) in [7, 11) is 0. The zero-order valence-corrected chi connectivity index (χ0v) is 17.1. The Morgan fingerprint density at radius 2 is 1.92 bits per heavy atom. The molecule has 1 aliphatic heterocycles. The maximum absolute atomic E-state index is 13.1. The fourth-order valence-corrected chi connectivity index (χ4v) is 8.14. The molecule has 4 aliphatic carbocycles. The lowest BCUT2D eigenvalue weighted by molar-refractivity contribution is -0.124. The van der Waals surface area contributed by atoms with Crippen molar-refractivity contribution in [2.45, 2.75) is 78.7 Å². The van der Waals surface area contributed by atoms with E-state index in [0.29, 0.717) is 29.1 Å².